The zero-order valence-corrected chi connectivity index (χ0v) is 15.3. The van der Waals surface area contributed by atoms with Crippen LogP contribution in [0.15, 0.2) is 76.8 Å². The summed E-state index contributed by atoms with van der Waals surface area (Å²) in [6.45, 7) is 0. The maximum Gasteiger partial charge on any atom is 0.286 e. The molecule has 5 heteroatoms. The van der Waals surface area contributed by atoms with Crippen LogP contribution in [0.2, 0.25) is 0 Å². The number of thioether (sulfide) groups is 1. The molecule has 2 heterocycles. The third-order valence-electron chi connectivity index (χ3n) is 4.87. The lowest BCUT2D eigenvalue weighted by atomic mass is 10.1. The van der Waals surface area contributed by atoms with Gasteiger partial charge in [0, 0.05) is 23.5 Å². The van der Waals surface area contributed by atoms with E-state index in [-0.39, 0.29) is 5.91 Å². The highest BCUT2D eigenvalue weighted by Gasteiger charge is 2.40. The molecule has 1 saturated carbocycles. The SMILES string of the molecule is O=C1N=C(N[C@@H]2C[C@H]2c2ccccc2)S/C1=C\c1ccc2ncccc2c1. The molecule has 1 aliphatic heterocycles. The predicted octanol–water partition coefficient (Wildman–Crippen LogP) is 4.35. The number of benzene rings is 2. The van der Waals surface area contributed by atoms with E-state index in [4.69, 9.17) is 0 Å². The second-order valence-electron chi connectivity index (χ2n) is 6.79. The summed E-state index contributed by atoms with van der Waals surface area (Å²) >= 11 is 1.42. The summed E-state index contributed by atoms with van der Waals surface area (Å²) in [6.07, 6.45) is 4.76. The lowest BCUT2D eigenvalue weighted by Crippen LogP contribution is -2.22. The van der Waals surface area contributed by atoms with E-state index in [1.54, 1.807) is 6.20 Å². The Morgan fingerprint density at radius 2 is 1.96 bits per heavy atom. The molecular weight excluding hydrogens is 354 g/mol. The fraction of sp³-hybridized carbons (Fsp3) is 0.136. The molecule has 27 heavy (non-hydrogen) atoms. The Bertz CT molecular complexity index is 1090. The van der Waals surface area contributed by atoms with E-state index in [0.29, 0.717) is 22.0 Å². The number of nitrogens with zero attached hydrogens (tertiary/aromatic N) is 2. The highest BCUT2D eigenvalue weighted by atomic mass is 32.2. The lowest BCUT2D eigenvalue weighted by Gasteiger charge is -2.04. The molecule has 0 bridgehead atoms. The summed E-state index contributed by atoms with van der Waals surface area (Å²) in [6, 6.07) is 20.8. The normalized spacial score (nSPS) is 22.9. The van der Waals surface area contributed by atoms with Gasteiger partial charge in [-0.05, 0) is 53.6 Å². The smallest absolute Gasteiger partial charge is 0.286 e. The van der Waals surface area contributed by atoms with Gasteiger partial charge in [-0.15, -0.1) is 0 Å². The van der Waals surface area contributed by atoms with Crippen LogP contribution >= 0.6 is 11.8 Å². The minimum Gasteiger partial charge on any atom is -0.361 e. The lowest BCUT2D eigenvalue weighted by molar-refractivity contribution is -0.113. The highest BCUT2D eigenvalue weighted by Crippen LogP contribution is 2.41. The van der Waals surface area contributed by atoms with E-state index in [2.05, 4.69) is 39.6 Å². The number of hydrogen-bond donors (Lipinski definition) is 1. The maximum atomic E-state index is 12.3. The standard InChI is InChI=1S/C22H17N3OS/c26-21-20(12-14-8-9-18-16(11-14)7-4-10-23-18)27-22(25-21)24-19-13-17(19)15-5-2-1-3-6-15/h1-12,17,19H,13H2,(H,24,25,26)/b20-12-/t17-,19+/m0/s1. The van der Waals surface area contributed by atoms with E-state index in [1.165, 1.54) is 17.3 Å². The molecule has 0 spiro atoms. The molecule has 1 aromatic heterocycles. The van der Waals surface area contributed by atoms with Crippen LogP contribution in [-0.2, 0) is 4.79 Å². The van der Waals surface area contributed by atoms with Gasteiger partial charge in [0.25, 0.3) is 5.91 Å². The van der Waals surface area contributed by atoms with Crippen molar-refractivity contribution in [3.05, 3.63) is 82.9 Å². The van der Waals surface area contributed by atoms with E-state index in [1.807, 2.05) is 42.5 Å². The summed E-state index contributed by atoms with van der Waals surface area (Å²) in [5, 5.41) is 5.18. The number of amides is 1. The Morgan fingerprint density at radius 1 is 1.07 bits per heavy atom. The van der Waals surface area contributed by atoms with E-state index in [9.17, 15) is 4.79 Å². The van der Waals surface area contributed by atoms with Crippen molar-refractivity contribution >= 4 is 39.8 Å². The topological polar surface area (TPSA) is 54.4 Å². The number of aliphatic imine (C=N–C) groups is 1. The molecule has 4 nitrogen and oxygen atoms in total. The van der Waals surface area contributed by atoms with Crippen molar-refractivity contribution in [2.45, 2.75) is 18.4 Å². The molecule has 0 unspecified atom stereocenters. The van der Waals surface area contributed by atoms with Gasteiger partial charge in [0.15, 0.2) is 5.17 Å². The molecule has 2 atom stereocenters. The van der Waals surface area contributed by atoms with Crippen LogP contribution in [0.1, 0.15) is 23.5 Å². The molecule has 0 radical (unpaired) electrons. The van der Waals surface area contributed by atoms with Gasteiger partial charge in [0.1, 0.15) is 0 Å². The second-order valence-corrected chi connectivity index (χ2v) is 7.82. The van der Waals surface area contributed by atoms with E-state index in [0.717, 1.165) is 22.9 Å². The van der Waals surface area contributed by atoms with Crippen molar-refractivity contribution < 1.29 is 4.79 Å². The number of fused-ring (bicyclic) bond motifs is 1. The van der Waals surface area contributed by atoms with Crippen molar-refractivity contribution in [2.24, 2.45) is 4.99 Å². The molecule has 1 aliphatic carbocycles. The Labute approximate surface area is 161 Å². The molecule has 1 fully saturated rings. The molecule has 1 amide bonds. The number of hydrogen-bond acceptors (Lipinski definition) is 4. The zero-order valence-electron chi connectivity index (χ0n) is 14.5. The van der Waals surface area contributed by atoms with Gasteiger partial charge in [-0.3, -0.25) is 9.78 Å². The Hall–Kier alpha value is -2.92. The molecule has 3 aromatic rings. The van der Waals surface area contributed by atoms with E-state index >= 15 is 0 Å². The van der Waals surface area contributed by atoms with Crippen LogP contribution in [0, 0.1) is 0 Å². The van der Waals surface area contributed by atoms with Crippen LogP contribution in [0.4, 0.5) is 0 Å². The van der Waals surface area contributed by atoms with E-state index < -0.39 is 0 Å². The van der Waals surface area contributed by atoms with Crippen LogP contribution in [0.25, 0.3) is 17.0 Å². The Balaban J connectivity index is 1.28. The minimum atomic E-state index is -0.175. The zero-order chi connectivity index (χ0) is 18.2. The average molecular weight is 371 g/mol. The maximum absolute atomic E-state index is 12.3. The average Bonchev–Trinajstić information content (AvgIpc) is 3.38. The van der Waals surface area contributed by atoms with Crippen molar-refractivity contribution in [3.8, 4) is 0 Å². The molecule has 0 saturated heterocycles. The first-order chi connectivity index (χ1) is 13.3. The van der Waals surface area contributed by atoms with Gasteiger partial charge in [-0.25, -0.2) is 0 Å². The molecule has 5 rings (SSSR count). The third kappa shape index (κ3) is 3.38. The molecule has 2 aromatic carbocycles. The number of carbonyl (C=O) groups excluding carboxylic acids is 1. The first kappa shape index (κ1) is 16.3. The first-order valence-electron chi connectivity index (χ1n) is 8.95. The van der Waals surface area contributed by atoms with Gasteiger partial charge in [-0.2, -0.15) is 4.99 Å². The summed E-state index contributed by atoms with van der Waals surface area (Å²) in [4.78, 5) is 21.4. The van der Waals surface area contributed by atoms with Crippen LogP contribution < -0.4 is 5.32 Å². The molecule has 132 valence electrons. The minimum absolute atomic E-state index is 0.175. The summed E-state index contributed by atoms with van der Waals surface area (Å²) in [5.74, 6) is 0.330. The van der Waals surface area contributed by atoms with Crippen LogP contribution in [0.5, 0.6) is 0 Å². The summed E-state index contributed by atoms with van der Waals surface area (Å²) in [7, 11) is 0. The number of amidine groups is 1. The third-order valence-corrected chi connectivity index (χ3v) is 5.79. The summed E-state index contributed by atoms with van der Waals surface area (Å²) < 4.78 is 0. The number of rotatable bonds is 3. The molecular formula is C22H17N3OS. The van der Waals surface area contributed by atoms with Crippen LogP contribution in [-0.4, -0.2) is 22.1 Å². The van der Waals surface area contributed by atoms with Crippen molar-refractivity contribution in [2.75, 3.05) is 0 Å². The fourth-order valence-electron chi connectivity index (χ4n) is 3.39. The molecule has 1 N–H and O–H groups in total. The number of carbonyl (C=O) groups is 1. The fourth-order valence-corrected chi connectivity index (χ4v) is 4.26. The highest BCUT2D eigenvalue weighted by molar-refractivity contribution is 8.18. The number of nitrogens with one attached hydrogen (secondary N) is 1. The number of pyridine rings is 1. The largest absolute Gasteiger partial charge is 0.361 e. The van der Waals surface area contributed by atoms with Crippen molar-refractivity contribution in [1.82, 2.24) is 10.3 Å². The number of aromatic nitrogens is 1. The van der Waals surface area contributed by atoms with Crippen molar-refractivity contribution in [3.63, 3.8) is 0 Å². The first-order valence-corrected chi connectivity index (χ1v) is 9.77. The second kappa shape index (κ2) is 6.67. The Morgan fingerprint density at radius 3 is 2.85 bits per heavy atom. The predicted molar refractivity (Wildman–Crippen MR) is 110 cm³/mol. The van der Waals surface area contributed by atoms with Gasteiger partial charge in [0.2, 0.25) is 0 Å². The summed E-state index contributed by atoms with van der Waals surface area (Å²) in [5.41, 5.74) is 3.27. The van der Waals surface area contributed by atoms with Gasteiger partial charge in [0.05, 0.1) is 10.4 Å². The molecule has 2 aliphatic rings. The van der Waals surface area contributed by atoms with Gasteiger partial charge in [-0.1, -0.05) is 42.5 Å². The quantitative estimate of drug-likeness (QED) is 0.696. The van der Waals surface area contributed by atoms with Crippen molar-refractivity contribution in [1.29, 1.82) is 0 Å². The van der Waals surface area contributed by atoms with Gasteiger partial charge < -0.3 is 5.32 Å². The van der Waals surface area contributed by atoms with Crippen LogP contribution in [0.3, 0.4) is 0 Å². The monoisotopic (exact) mass is 371 g/mol. The van der Waals surface area contributed by atoms with Gasteiger partial charge >= 0.3 is 0 Å². The Kier molecular flexibility index (Phi) is 4.02.